The maximum absolute atomic E-state index is 13.3. The first-order valence-electron chi connectivity index (χ1n) is 13.0. The van der Waals surface area contributed by atoms with Crippen LogP contribution in [0.2, 0.25) is 5.02 Å². The molecule has 2 aromatic carbocycles. The van der Waals surface area contributed by atoms with Crippen molar-refractivity contribution in [1.29, 1.82) is 0 Å². The van der Waals surface area contributed by atoms with Crippen molar-refractivity contribution in [2.45, 2.75) is 69.4 Å². The number of carbonyl (C=O) groups excluding carboxylic acids is 1. The fourth-order valence-corrected chi connectivity index (χ4v) is 5.47. The third-order valence-corrected chi connectivity index (χ3v) is 7.40. The van der Waals surface area contributed by atoms with E-state index in [9.17, 15) is 9.90 Å². The lowest BCUT2D eigenvalue weighted by Gasteiger charge is -2.30. The number of methoxy groups -OCH3 is 1. The lowest BCUT2D eigenvalue weighted by atomic mass is 9.81. The lowest BCUT2D eigenvalue weighted by Crippen LogP contribution is -2.42. The van der Waals surface area contributed by atoms with Crippen LogP contribution >= 0.6 is 11.6 Å². The minimum Gasteiger partial charge on any atom is -0.385 e. The molecule has 2 atom stereocenters. The summed E-state index contributed by atoms with van der Waals surface area (Å²) >= 11 is 6.27. The van der Waals surface area contributed by atoms with Crippen LogP contribution in [-0.2, 0) is 10.3 Å². The van der Waals surface area contributed by atoms with Gasteiger partial charge in [0.15, 0.2) is 0 Å². The molecule has 1 unspecified atom stereocenters. The molecule has 0 spiro atoms. The van der Waals surface area contributed by atoms with Crippen molar-refractivity contribution >= 4 is 17.5 Å². The molecule has 1 amide bonds. The van der Waals surface area contributed by atoms with Crippen LogP contribution in [0.25, 0.3) is 0 Å². The number of likely N-dealkylation sites (N-methyl/N-ethyl adjacent to an activating group) is 1. The van der Waals surface area contributed by atoms with Crippen molar-refractivity contribution < 1.29 is 14.6 Å². The molecule has 0 heterocycles. The first kappa shape index (κ1) is 27.7. The van der Waals surface area contributed by atoms with Crippen molar-refractivity contribution in [3.05, 3.63) is 70.2 Å². The maximum Gasteiger partial charge on any atom is 0.251 e. The van der Waals surface area contributed by atoms with Crippen molar-refractivity contribution in [3.63, 3.8) is 0 Å². The van der Waals surface area contributed by atoms with E-state index in [2.05, 4.69) is 10.6 Å². The summed E-state index contributed by atoms with van der Waals surface area (Å²) in [5, 5.41) is 19.0. The van der Waals surface area contributed by atoms with Gasteiger partial charge in [-0.05, 0) is 74.0 Å². The highest BCUT2D eigenvalue weighted by molar-refractivity contribution is 6.30. The third-order valence-electron chi connectivity index (χ3n) is 7.17. The summed E-state index contributed by atoms with van der Waals surface area (Å²) in [7, 11) is 3.61. The Balaban J connectivity index is 1.80. The Labute approximate surface area is 215 Å². The van der Waals surface area contributed by atoms with Gasteiger partial charge < -0.3 is 20.5 Å². The molecular formula is C29H41ClN2O3. The Morgan fingerprint density at radius 2 is 1.83 bits per heavy atom. The summed E-state index contributed by atoms with van der Waals surface area (Å²) in [6.07, 6.45) is 9.53. The van der Waals surface area contributed by atoms with Crippen LogP contribution in [0.15, 0.2) is 48.5 Å². The molecule has 1 aliphatic carbocycles. The van der Waals surface area contributed by atoms with E-state index in [-0.39, 0.29) is 11.9 Å². The molecule has 0 radical (unpaired) electrons. The van der Waals surface area contributed by atoms with Crippen LogP contribution in [0.3, 0.4) is 0 Å². The van der Waals surface area contributed by atoms with Gasteiger partial charge >= 0.3 is 0 Å². The molecule has 0 aliphatic heterocycles. The number of carbonyl (C=O) groups is 1. The summed E-state index contributed by atoms with van der Waals surface area (Å²) in [4.78, 5) is 13.3. The fourth-order valence-electron chi connectivity index (χ4n) is 5.28. The summed E-state index contributed by atoms with van der Waals surface area (Å²) in [5.74, 6) is 0.574. The second-order valence-corrected chi connectivity index (χ2v) is 10.3. The molecule has 0 bridgehead atoms. The number of hydrogen-bond acceptors (Lipinski definition) is 4. The monoisotopic (exact) mass is 500 g/mol. The predicted octanol–water partition coefficient (Wildman–Crippen LogP) is 5.68. The molecule has 0 aromatic heterocycles. The Kier molecular flexibility index (Phi) is 11.1. The van der Waals surface area contributed by atoms with Gasteiger partial charge in [-0.25, -0.2) is 0 Å². The predicted molar refractivity (Wildman–Crippen MR) is 143 cm³/mol. The molecule has 1 aliphatic rings. The number of benzene rings is 2. The normalized spacial score (nSPS) is 17.0. The highest BCUT2D eigenvalue weighted by Gasteiger charge is 2.32. The lowest BCUT2D eigenvalue weighted by molar-refractivity contribution is 0.0650. The van der Waals surface area contributed by atoms with Gasteiger partial charge in [-0.3, -0.25) is 4.79 Å². The first-order chi connectivity index (χ1) is 17.0. The van der Waals surface area contributed by atoms with E-state index in [0.717, 1.165) is 31.4 Å². The van der Waals surface area contributed by atoms with E-state index in [0.29, 0.717) is 35.1 Å². The van der Waals surface area contributed by atoms with Gasteiger partial charge in [-0.15, -0.1) is 0 Å². The molecule has 6 heteroatoms. The van der Waals surface area contributed by atoms with Crippen molar-refractivity contribution in [3.8, 4) is 0 Å². The van der Waals surface area contributed by atoms with Crippen molar-refractivity contribution in [2.75, 3.05) is 27.3 Å². The topological polar surface area (TPSA) is 70.6 Å². The number of halogens is 1. The summed E-state index contributed by atoms with van der Waals surface area (Å²) in [6.45, 7) is 1.38. The van der Waals surface area contributed by atoms with Gasteiger partial charge in [-0.2, -0.15) is 0 Å². The van der Waals surface area contributed by atoms with E-state index in [1.54, 1.807) is 19.2 Å². The minimum absolute atomic E-state index is 0.0834. The Morgan fingerprint density at radius 3 is 2.51 bits per heavy atom. The smallest absolute Gasteiger partial charge is 0.251 e. The Morgan fingerprint density at radius 1 is 1.11 bits per heavy atom. The molecule has 1 fully saturated rings. The highest BCUT2D eigenvalue weighted by Crippen LogP contribution is 2.36. The molecule has 192 valence electrons. The molecular weight excluding hydrogens is 460 g/mol. The number of nitrogens with one attached hydrogen (secondary N) is 2. The van der Waals surface area contributed by atoms with E-state index >= 15 is 0 Å². The van der Waals surface area contributed by atoms with Gasteiger partial charge in [-0.1, -0.05) is 68.0 Å². The quantitative estimate of drug-likeness (QED) is 0.309. The van der Waals surface area contributed by atoms with E-state index < -0.39 is 5.60 Å². The van der Waals surface area contributed by atoms with Crippen LogP contribution in [0, 0.1) is 5.92 Å². The third kappa shape index (κ3) is 8.04. The summed E-state index contributed by atoms with van der Waals surface area (Å²) < 4.78 is 5.19. The minimum atomic E-state index is -1.25. The molecule has 0 saturated heterocycles. The zero-order chi connectivity index (χ0) is 25.1. The van der Waals surface area contributed by atoms with Gasteiger partial charge in [0.25, 0.3) is 5.91 Å². The molecule has 5 nitrogen and oxygen atoms in total. The van der Waals surface area contributed by atoms with E-state index in [1.165, 1.54) is 32.1 Å². The highest BCUT2D eigenvalue weighted by atomic mass is 35.5. The van der Waals surface area contributed by atoms with Crippen LogP contribution in [0.5, 0.6) is 0 Å². The standard InChI is InChI=1S/C29H41ClN2O3/c1-31-21-27(18-22-10-4-3-5-11-22)32-28(33)23-12-8-13-24(19-23)29(34,16-6-7-17-35-2)25-14-9-15-26(30)20-25/h8-9,12-15,19-20,22,27,31,34H,3-7,10-11,16-18,21H2,1-2H3,(H,32,33)/t27-,29?/m0/s1. The Bertz CT molecular complexity index is 932. The molecule has 3 N–H and O–H groups in total. The number of aliphatic hydroxyl groups is 1. The molecule has 2 aromatic rings. The van der Waals surface area contributed by atoms with Crippen LogP contribution in [0.4, 0.5) is 0 Å². The van der Waals surface area contributed by atoms with Gasteiger partial charge in [0, 0.05) is 36.9 Å². The van der Waals surface area contributed by atoms with E-state index in [4.69, 9.17) is 16.3 Å². The molecule has 1 saturated carbocycles. The van der Waals surface area contributed by atoms with Crippen LogP contribution < -0.4 is 10.6 Å². The fraction of sp³-hybridized carbons (Fsp3) is 0.552. The van der Waals surface area contributed by atoms with Crippen LogP contribution in [0.1, 0.15) is 79.3 Å². The number of unbranched alkanes of at least 4 members (excludes halogenated alkanes) is 1. The van der Waals surface area contributed by atoms with E-state index in [1.807, 2.05) is 43.4 Å². The number of ether oxygens (including phenoxy) is 1. The SMILES string of the molecule is CNC[C@H](CC1CCCCC1)NC(=O)c1cccc(C(O)(CCCCOC)c2cccc(Cl)c2)c1. The molecule has 3 rings (SSSR count). The van der Waals surface area contributed by atoms with Crippen molar-refractivity contribution in [2.24, 2.45) is 5.92 Å². The van der Waals surface area contributed by atoms with Gasteiger partial charge in [0.2, 0.25) is 0 Å². The zero-order valence-electron chi connectivity index (χ0n) is 21.2. The second-order valence-electron chi connectivity index (χ2n) is 9.87. The number of amides is 1. The summed E-state index contributed by atoms with van der Waals surface area (Å²) in [5.41, 5.74) is 0.735. The number of rotatable bonds is 13. The van der Waals surface area contributed by atoms with Gasteiger partial charge in [0.05, 0.1) is 0 Å². The maximum atomic E-state index is 13.3. The largest absolute Gasteiger partial charge is 0.385 e. The first-order valence-corrected chi connectivity index (χ1v) is 13.4. The van der Waals surface area contributed by atoms with Gasteiger partial charge in [0.1, 0.15) is 5.60 Å². The zero-order valence-corrected chi connectivity index (χ0v) is 21.9. The van der Waals surface area contributed by atoms with Crippen LogP contribution in [-0.4, -0.2) is 44.4 Å². The second kappa shape index (κ2) is 14.0. The number of hydrogen-bond donors (Lipinski definition) is 3. The Hall–Kier alpha value is -1.92. The van der Waals surface area contributed by atoms with Crippen molar-refractivity contribution in [1.82, 2.24) is 10.6 Å². The molecule has 35 heavy (non-hydrogen) atoms. The average Bonchev–Trinajstić information content (AvgIpc) is 2.87. The summed E-state index contributed by atoms with van der Waals surface area (Å²) in [6, 6.07) is 14.8. The average molecular weight is 501 g/mol.